The van der Waals surface area contributed by atoms with Crippen molar-refractivity contribution in [2.75, 3.05) is 6.54 Å². The van der Waals surface area contributed by atoms with Crippen LogP contribution in [0.3, 0.4) is 0 Å². The van der Waals surface area contributed by atoms with Crippen molar-refractivity contribution in [3.63, 3.8) is 0 Å². The number of rotatable bonds is 3. The first-order valence-corrected chi connectivity index (χ1v) is 7.77. The van der Waals surface area contributed by atoms with Crippen LogP contribution < -0.4 is 5.32 Å². The Bertz CT molecular complexity index is 511. The molecule has 1 aliphatic carbocycles. The normalized spacial score (nSPS) is 25.3. The lowest BCUT2D eigenvalue weighted by Crippen LogP contribution is -2.44. The molecule has 1 amide bonds. The van der Waals surface area contributed by atoms with Crippen molar-refractivity contribution in [3.8, 4) is 0 Å². The second-order valence-corrected chi connectivity index (χ2v) is 6.95. The van der Waals surface area contributed by atoms with E-state index in [1.165, 1.54) is 4.90 Å². The Labute approximate surface area is 121 Å². The Morgan fingerprint density at radius 2 is 2.15 bits per heavy atom. The molecule has 0 aromatic carbocycles. The molecule has 1 atom stereocenters. The summed E-state index contributed by atoms with van der Waals surface area (Å²) in [6.07, 6.45) is 0.586. The molecule has 110 valence electrons. The number of carbonyl (C=O) groups is 1. The molecule has 1 unspecified atom stereocenters. The lowest BCUT2D eigenvalue weighted by atomic mass is 9.98. The first-order chi connectivity index (χ1) is 9.52. The van der Waals surface area contributed by atoms with Gasteiger partial charge in [0.15, 0.2) is 0 Å². The fourth-order valence-corrected chi connectivity index (χ4v) is 4.23. The van der Waals surface area contributed by atoms with Crippen LogP contribution in [-0.4, -0.2) is 29.3 Å². The van der Waals surface area contributed by atoms with E-state index < -0.39 is 24.7 Å². The molecule has 1 aliphatic heterocycles. The van der Waals surface area contributed by atoms with Gasteiger partial charge < -0.3 is 4.90 Å². The highest BCUT2D eigenvalue weighted by atomic mass is 32.1. The molecule has 1 spiro atoms. The Kier molecular flexibility index (Phi) is 3.54. The van der Waals surface area contributed by atoms with Crippen molar-refractivity contribution >= 4 is 17.2 Å². The number of thiophene rings is 1. The maximum atomic E-state index is 12.8. The van der Waals surface area contributed by atoms with Gasteiger partial charge in [0.25, 0.3) is 6.43 Å². The zero-order valence-electron chi connectivity index (χ0n) is 11.4. The van der Waals surface area contributed by atoms with Crippen LogP contribution in [0, 0.1) is 6.92 Å². The molecule has 0 bridgehead atoms. The summed E-state index contributed by atoms with van der Waals surface area (Å²) in [5, 5.41) is 3.35. The highest BCUT2D eigenvalue weighted by Crippen LogP contribution is 2.42. The summed E-state index contributed by atoms with van der Waals surface area (Å²) in [6.45, 7) is 1.49. The summed E-state index contributed by atoms with van der Waals surface area (Å²) in [5.74, 6) is -0.147. The molecular weight excluding hydrogens is 282 g/mol. The fraction of sp³-hybridized carbons (Fsp3) is 0.643. The van der Waals surface area contributed by atoms with Crippen molar-refractivity contribution in [3.05, 3.63) is 21.9 Å². The molecule has 1 saturated carbocycles. The molecule has 6 heteroatoms. The molecule has 3 nitrogen and oxygen atoms in total. The van der Waals surface area contributed by atoms with Gasteiger partial charge in [-0.3, -0.25) is 10.1 Å². The largest absolute Gasteiger partial charge is 0.315 e. The van der Waals surface area contributed by atoms with Gasteiger partial charge in [0.1, 0.15) is 6.17 Å². The quantitative estimate of drug-likeness (QED) is 0.930. The van der Waals surface area contributed by atoms with Crippen LogP contribution in [-0.2, 0) is 4.79 Å². The lowest BCUT2D eigenvalue weighted by Gasteiger charge is -2.22. The monoisotopic (exact) mass is 300 g/mol. The van der Waals surface area contributed by atoms with Crippen LogP contribution >= 0.6 is 11.3 Å². The average Bonchev–Trinajstić information content (AvgIpc) is 3.07. The average molecular weight is 300 g/mol. The van der Waals surface area contributed by atoms with E-state index in [1.807, 2.05) is 19.1 Å². The lowest BCUT2D eigenvalue weighted by molar-refractivity contribution is -0.135. The number of nitrogens with one attached hydrogen (secondary N) is 1. The van der Waals surface area contributed by atoms with Gasteiger partial charge in [-0.2, -0.15) is 0 Å². The van der Waals surface area contributed by atoms with Crippen molar-refractivity contribution < 1.29 is 13.6 Å². The third-order valence-electron chi connectivity index (χ3n) is 4.22. The first-order valence-electron chi connectivity index (χ1n) is 6.95. The van der Waals surface area contributed by atoms with Gasteiger partial charge in [0, 0.05) is 9.75 Å². The molecule has 1 aromatic rings. The predicted molar refractivity (Wildman–Crippen MR) is 73.8 cm³/mol. The minimum Gasteiger partial charge on any atom is -0.315 e. The number of carbonyl (C=O) groups excluding carboxylic acids is 1. The SMILES string of the molecule is Cc1ccc(C2NC3(CCCC3)C(=O)N2CC(F)F)s1. The maximum Gasteiger partial charge on any atom is 0.255 e. The van der Waals surface area contributed by atoms with E-state index in [0.717, 1.165) is 35.4 Å². The Balaban J connectivity index is 1.92. The summed E-state index contributed by atoms with van der Waals surface area (Å²) >= 11 is 1.56. The molecule has 1 saturated heterocycles. The summed E-state index contributed by atoms with van der Waals surface area (Å²) in [7, 11) is 0. The van der Waals surface area contributed by atoms with E-state index in [0.29, 0.717) is 0 Å². The molecule has 2 heterocycles. The van der Waals surface area contributed by atoms with Gasteiger partial charge in [0.2, 0.25) is 5.91 Å². The van der Waals surface area contributed by atoms with Gasteiger partial charge >= 0.3 is 0 Å². The smallest absolute Gasteiger partial charge is 0.255 e. The van der Waals surface area contributed by atoms with Crippen LogP contribution in [0.25, 0.3) is 0 Å². The Morgan fingerprint density at radius 3 is 2.70 bits per heavy atom. The van der Waals surface area contributed by atoms with Gasteiger partial charge in [0.05, 0.1) is 12.1 Å². The van der Waals surface area contributed by atoms with Crippen molar-refractivity contribution in [1.29, 1.82) is 0 Å². The number of amides is 1. The van der Waals surface area contributed by atoms with Gasteiger partial charge in [-0.05, 0) is 31.9 Å². The molecule has 1 aromatic heterocycles. The fourth-order valence-electron chi connectivity index (χ4n) is 3.29. The zero-order chi connectivity index (χ0) is 14.3. The number of hydrogen-bond acceptors (Lipinski definition) is 3. The minimum absolute atomic E-state index is 0.147. The highest BCUT2D eigenvalue weighted by Gasteiger charge is 2.53. The van der Waals surface area contributed by atoms with Crippen LogP contribution in [0.2, 0.25) is 0 Å². The summed E-state index contributed by atoms with van der Waals surface area (Å²) in [4.78, 5) is 16.0. The van der Waals surface area contributed by atoms with E-state index in [-0.39, 0.29) is 5.91 Å². The standard InChI is InChI=1S/C14H18F2N2OS/c1-9-4-5-10(20-9)12-17-14(6-2-3-7-14)13(19)18(12)8-11(15)16/h4-5,11-12,17H,2-3,6-8H2,1H3. The topological polar surface area (TPSA) is 32.3 Å². The highest BCUT2D eigenvalue weighted by molar-refractivity contribution is 7.12. The first kappa shape index (κ1) is 13.9. The Morgan fingerprint density at radius 1 is 1.45 bits per heavy atom. The zero-order valence-corrected chi connectivity index (χ0v) is 12.2. The van der Waals surface area contributed by atoms with Crippen LogP contribution in [0.5, 0.6) is 0 Å². The van der Waals surface area contributed by atoms with Gasteiger partial charge in [-0.25, -0.2) is 8.78 Å². The van der Waals surface area contributed by atoms with Crippen molar-refractivity contribution in [2.45, 2.75) is 50.7 Å². The molecule has 20 heavy (non-hydrogen) atoms. The predicted octanol–water partition coefficient (Wildman–Crippen LogP) is 3.06. The van der Waals surface area contributed by atoms with Crippen LogP contribution in [0.4, 0.5) is 8.78 Å². The van der Waals surface area contributed by atoms with Crippen molar-refractivity contribution in [1.82, 2.24) is 10.2 Å². The molecule has 0 radical (unpaired) electrons. The van der Waals surface area contributed by atoms with Crippen molar-refractivity contribution in [2.24, 2.45) is 0 Å². The number of hydrogen-bond donors (Lipinski definition) is 1. The van der Waals surface area contributed by atoms with Gasteiger partial charge in [-0.15, -0.1) is 11.3 Å². The molecule has 1 N–H and O–H groups in total. The summed E-state index contributed by atoms with van der Waals surface area (Å²) in [6, 6.07) is 3.89. The molecule has 2 aliphatic rings. The second-order valence-electron chi connectivity index (χ2n) is 5.63. The summed E-state index contributed by atoms with van der Waals surface area (Å²) in [5.41, 5.74) is -0.600. The molecular formula is C14H18F2N2OS. The van der Waals surface area contributed by atoms with E-state index >= 15 is 0 Å². The third kappa shape index (κ3) is 2.24. The minimum atomic E-state index is -2.50. The summed E-state index contributed by atoms with van der Waals surface area (Å²) < 4.78 is 25.6. The van der Waals surface area contributed by atoms with E-state index in [1.54, 1.807) is 11.3 Å². The molecule has 2 fully saturated rings. The molecule has 3 rings (SSSR count). The number of aryl methyl sites for hydroxylation is 1. The van der Waals surface area contributed by atoms with E-state index in [2.05, 4.69) is 5.32 Å². The number of nitrogens with zero attached hydrogens (tertiary/aromatic N) is 1. The van der Waals surface area contributed by atoms with E-state index in [9.17, 15) is 13.6 Å². The Hall–Kier alpha value is -1.01. The number of alkyl halides is 2. The van der Waals surface area contributed by atoms with Crippen LogP contribution in [0.15, 0.2) is 12.1 Å². The van der Waals surface area contributed by atoms with Crippen LogP contribution in [0.1, 0.15) is 41.6 Å². The third-order valence-corrected chi connectivity index (χ3v) is 5.27. The van der Waals surface area contributed by atoms with Gasteiger partial charge in [-0.1, -0.05) is 12.8 Å². The second kappa shape index (κ2) is 5.07. The number of halogens is 2. The van der Waals surface area contributed by atoms with E-state index in [4.69, 9.17) is 0 Å². The maximum absolute atomic E-state index is 12.8.